The van der Waals surface area contributed by atoms with Crippen LogP contribution in [0, 0.1) is 0 Å². The molecule has 0 saturated heterocycles. The van der Waals surface area contributed by atoms with Gasteiger partial charge >= 0.3 is 0 Å². The lowest BCUT2D eigenvalue weighted by Crippen LogP contribution is -2.15. The van der Waals surface area contributed by atoms with Gasteiger partial charge in [0.25, 0.3) is 10.0 Å². The van der Waals surface area contributed by atoms with Crippen LogP contribution in [0.25, 0.3) is 0 Å². The summed E-state index contributed by atoms with van der Waals surface area (Å²) in [5.41, 5.74) is 1.68. The molecule has 100 valence electrons. The van der Waals surface area contributed by atoms with Gasteiger partial charge in [-0.05, 0) is 6.07 Å². The standard InChI is InChI=1S/C11H12N4O3S/c1-18-11-3-2-9(5-13-11)19(16,17)15-7-8-4-12-6-10(8)14-15/h2-3,5,7,12H,4,6H2,1H3. The summed E-state index contributed by atoms with van der Waals surface area (Å²) in [4.78, 5) is 3.98. The lowest BCUT2D eigenvalue weighted by Gasteiger charge is -2.05. The third-order valence-electron chi connectivity index (χ3n) is 2.93. The Balaban J connectivity index is 2.01. The van der Waals surface area contributed by atoms with Gasteiger partial charge in [0, 0.05) is 30.9 Å². The molecule has 0 fully saturated rings. The first-order valence-electron chi connectivity index (χ1n) is 5.65. The molecule has 0 amide bonds. The second-order valence-electron chi connectivity index (χ2n) is 4.12. The maximum Gasteiger partial charge on any atom is 0.284 e. The minimum Gasteiger partial charge on any atom is -0.481 e. The number of hydrogen-bond acceptors (Lipinski definition) is 6. The number of nitrogens with zero attached hydrogens (tertiary/aromatic N) is 3. The highest BCUT2D eigenvalue weighted by molar-refractivity contribution is 7.89. The van der Waals surface area contributed by atoms with Crippen LogP contribution in [0.1, 0.15) is 11.3 Å². The van der Waals surface area contributed by atoms with Gasteiger partial charge in [-0.25, -0.2) is 4.98 Å². The van der Waals surface area contributed by atoms with Gasteiger partial charge in [0.1, 0.15) is 4.90 Å². The Hall–Kier alpha value is -1.93. The van der Waals surface area contributed by atoms with Crippen LogP contribution in [0.5, 0.6) is 5.88 Å². The number of pyridine rings is 1. The molecule has 0 aromatic carbocycles. The number of ether oxygens (including phenoxy) is 1. The SMILES string of the molecule is COc1ccc(S(=O)(=O)n2cc3c(n2)CNC3)cn1. The monoisotopic (exact) mass is 280 g/mol. The molecular weight excluding hydrogens is 268 g/mol. The molecule has 0 aliphatic carbocycles. The average molecular weight is 280 g/mol. The summed E-state index contributed by atoms with van der Waals surface area (Å²) in [5.74, 6) is 0.367. The number of methoxy groups -OCH3 is 1. The van der Waals surface area contributed by atoms with E-state index in [9.17, 15) is 8.42 Å². The van der Waals surface area contributed by atoms with Gasteiger partial charge in [-0.15, -0.1) is 0 Å². The maximum absolute atomic E-state index is 12.3. The Kier molecular flexibility index (Phi) is 2.76. The lowest BCUT2D eigenvalue weighted by molar-refractivity contribution is 0.397. The average Bonchev–Trinajstić information content (AvgIpc) is 2.99. The minimum absolute atomic E-state index is 0.0856. The fraction of sp³-hybridized carbons (Fsp3) is 0.273. The highest BCUT2D eigenvalue weighted by Gasteiger charge is 2.23. The largest absolute Gasteiger partial charge is 0.481 e. The summed E-state index contributed by atoms with van der Waals surface area (Å²) in [5, 5.41) is 7.19. The first kappa shape index (κ1) is 12.1. The molecule has 0 unspecified atom stereocenters. The van der Waals surface area contributed by atoms with E-state index >= 15 is 0 Å². The molecule has 8 heteroatoms. The van der Waals surface area contributed by atoms with Crippen LogP contribution in [-0.2, 0) is 23.1 Å². The van der Waals surface area contributed by atoms with Crippen LogP contribution in [0.15, 0.2) is 29.4 Å². The number of fused-ring (bicyclic) bond motifs is 1. The van der Waals surface area contributed by atoms with E-state index in [1.807, 2.05) is 0 Å². The molecule has 1 aliphatic rings. The fourth-order valence-electron chi connectivity index (χ4n) is 1.90. The maximum atomic E-state index is 12.3. The van der Waals surface area contributed by atoms with Gasteiger partial charge in [-0.2, -0.15) is 17.6 Å². The van der Waals surface area contributed by atoms with Gasteiger partial charge in [-0.3, -0.25) is 0 Å². The van der Waals surface area contributed by atoms with Crippen molar-refractivity contribution in [3.8, 4) is 5.88 Å². The quantitative estimate of drug-likeness (QED) is 0.860. The summed E-state index contributed by atoms with van der Waals surface area (Å²) in [6.07, 6.45) is 2.80. The third-order valence-corrected chi connectivity index (χ3v) is 4.44. The van der Waals surface area contributed by atoms with Crippen molar-refractivity contribution in [3.05, 3.63) is 35.8 Å². The number of nitrogens with one attached hydrogen (secondary N) is 1. The van der Waals surface area contributed by atoms with Crippen molar-refractivity contribution in [2.24, 2.45) is 0 Å². The van der Waals surface area contributed by atoms with E-state index in [4.69, 9.17) is 4.74 Å². The van der Waals surface area contributed by atoms with Gasteiger partial charge in [0.15, 0.2) is 0 Å². The highest BCUT2D eigenvalue weighted by atomic mass is 32.2. The van der Waals surface area contributed by atoms with E-state index < -0.39 is 10.0 Å². The van der Waals surface area contributed by atoms with Crippen LogP contribution in [-0.4, -0.2) is 29.7 Å². The van der Waals surface area contributed by atoms with E-state index in [1.165, 1.54) is 31.6 Å². The fourth-order valence-corrected chi connectivity index (χ4v) is 3.02. The summed E-state index contributed by atoms with van der Waals surface area (Å²) in [6, 6.07) is 2.96. The molecule has 7 nitrogen and oxygen atoms in total. The molecule has 1 N–H and O–H groups in total. The Bertz CT molecular complexity index is 685. The molecule has 3 heterocycles. The molecule has 19 heavy (non-hydrogen) atoms. The summed E-state index contributed by atoms with van der Waals surface area (Å²) >= 11 is 0. The Labute approximate surface area is 110 Å². The third kappa shape index (κ3) is 1.98. The smallest absolute Gasteiger partial charge is 0.284 e. The molecule has 2 aromatic rings. The zero-order chi connectivity index (χ0) is 13.5. The van der Waals surface area contributed by atoms with Gasteiger partial charge < -0.3 is 10.1 Å². The van der Waals surface area contributed by atoms with Crippen molar-refractivity contribution in [2.75, 3.05) is 7.11 Å². The molecule has 0 atom stereocenters. The van der Waals surface area contributed by atoms with E-state index in [0.717, 1.165) is 15.3 Å². The van der Waals surface area contributed by atoms with Crippen molar-refractivity contribution in [2.45, 2.75) is 18.0 Å². The van der Waals surface area contributed by atoms with Crippen LogP contribution in [0.3, 0.4) is 0 Å². The normalized spacial score (nSPS) is 14.4. The summed E-state index contributed by atoms with van der Waals surface area (Å²) < 4.78 is 30.6. The van der Waals surface area contributed by atoms with Crippen LogP contribution in [0.2, 0.25) is 0 Å². The minimum atomic E-state index is -3.68. The number of hydrogen-bond donors (Lipinski definition) is 1. The molecular formula is C11H12N4O3S. The highest BCUT2D eigenvalue weighted by Crippen LogP contribution is 2.19. The topological polar surface area (TPSA) is 86.1 Å². The zero-order valence-corrected chi connectivity index (χ0v) is 11.0. The van der Waals surface area contributed by atoms with E-state index in [1.54, 1.807) is 0 Å². The predicted octanol–water partition coefficient (Wildman–Crippen LogP) is 0.127. The first-order chi connectivity index (χ1) is 9.11. The Morgan fingerprint density at radius 2 is 2.21 bits per heavy atom. The molecule has 2 aromatic heterocycles. The molecule has 0 bridgehead atoms. The van der Waals surface area contributed by atoms with Crippen LogP contribution >= 0.6 is 0 Å². The van der Waals surface area contributed by atoms with Crippen molar-refractivity contribution in [3.63, 3.8) is 0 Å². The number of rotatable bonds is 3. The second kappa shape index (κ2) is 4.32. The molecule has 0 saturated carbocycles. The van der Waals surface area contributed by atoms with Gasteiger partial charge in [-0.1, -0.05) is 0 Å². The van der Waals surface area contributed by atoms with E-state index in [-0.39, 0.29) is 4.90 Å². The number of aromatic nitrogens is 3. The first-order valence-corrected chi connectivity index (χ1v) is 7.09. The zero-order valence-electron chi connectivity index (χ0n) is 10.2. The molecule has 3 rings (SSSR count). The van der Waals surface area contributed by atoms with Crippen molar-refractivity contribution in [1.82, 2.24) is 19.5 Å². The van der Waals surface area contributed by atoms with Gasteiger partial charge in [0.05, 0.1) is 19.0 Å². The van der Waals surface area contributed by atoms with Crippen LogP contribution < -0.4 is 10.1 Å². The van der Waals surface area contributed by atoms with Crippen molar-refractivity contribution >= 4 is 10.0 Å². The Morgan fingerprint density at radius 3 is 2.84 bits per heavy atom. The molecule has 1 aliphatic heterocycles. The summed E-state index contributed by atoms with van der Waals surface area (Å²) in [7, 11) is -2.21. The van der Waals surface area contributed by atoms with Crippen LogP contribution in [0.4, 0.5) is 0 Å². The summed E-state index contributed by atoms with van der Waals surface area (Å²) in [6.45, 7) is 1.24. The van der Waals surface area contributed by atoms with E-state index in [0.29, 0.717) is 19.0 Å². The lowest BCUT2D eigenvalue weighted by atomic mass is 10.3. The molecule has 0 spiro atoms. The predicted molar refractivity (Wildman–Crippen MR) is 66.1 cm³/mol. The Morgan fingerprint density at radius 1 is 1.37 bits per heavy atom. The van der Waals surface area contributed by atoms with E-state index in [2.05, 4.69) is 15.4 Å². The van der Waals surface area contributed by atoms with Crippen molar-refractivity contribution < 1.29 is 13.2 Å². The molecule has 0 radical (unpaired) electrons. The van der Waals surface area contributed by atoms with Gasteiger partial charge in [0.2, 0.25) is 5.88 Å². The van der Waals surface area contributed by atoms with Crippen molar-refractivity contribution in [1.29, 1.82) is 0 Å². The second-order valence-corrected chi connectivity index (χ2v) is 5.91.